The molecule has 3 aromatic carbocycles. The average Bonchev–Trinajstić information content (AvgIpc) is 2.88. The van der Waals surface area contributed by atoms with Crippen LogP contribution in [0.15, 0.2) is 48.5 Å². The van der Waals surface area contributed by atoms with Crippen molar-refractivity contribution < 1.29 is 14.2 Å². The van der Waals surface area contributed by atoms with Crippen LogP contribution in [0.2, 0.25) is 0 Å². The third kappa shape index (κ3) is 5.47. The summed E-state index contributed by atoms with van der Waals surface area (Å²) >= 11 is 0. The van der Waals surface area contributed by atoms with Crippen LogP contribution in [0.5, 0.6) is 11.5 Å². The summed E-state index contributed by atoms with van der Waals surface area (Å²) in [5.41, 5.74) is 7.12. The van der Waals surface area contributed by atoms with Crippen molar-refractivity contribution in [3.05, 3.63) is 76.6 Å². The fraction of sp³-hybridized carbons (Fsp3) is 0.438. The van der Waals surface area contributed by atoms with Crippen molar-refractivity contribution in [3.8, 4) is 22.6 Å². The van der Waals surface area contributed by atoms with Gasteiger partial charge in [-0.2, -0.15) is 0 Å². The molecule has 0 spiro atoms. The average molecular weight is 505 g/mol. The Morgan fingerprint density at radius 3 is 2.32 bits per heavy atom. The molecule has 3 aromatic rings. The highest BCUT2D eigenvalue weighted by Crippen LogP contribution is 2.45. The van der Waals surface area contributed by atoms with E-state index in [4.69, 9.17) is 4.74 Å². The van der Waals surface area contributed by atoms with Gasteiger partial charge in [-0.1, -0.05) is 58.0 Å². The summed E-state index contributed by atoms with van der Waals surface area (Å²) < 4.78 is 20.7. The molecular formula is C32H41FN2O2. The van der Waals surface area contributed by atoms with Crippen LogP contribution in [0.25, 0.3) is 11.1 Å². The number of benzene rings is 3. The van der Waals surface area contributed by atoms with E-state index in [1.807, 2.05) is 12.1 Å². The number of nitrogens with zero attached hydrogens (tertiary/aromatic N) is 1. The number of anilines is 1. The second-order valence-electron chi connectivity index (χ2n) is 11.0. The highest BCUT2D eigenvalue weighted by atomic mass is 19.1. The molecule has 198 valence electrons. The van der Waals surface area contributed by atoms with Gasteiger partial charge < -0.3 is 15.2 Å². The molecule has 1 aliphatic rings. The van der Waals surface area contributed by atoms with E-state index in [1.54, 1.807) is 7.11 Å². The third-order valence-electron chi connectivity index (χ3n) is 7.73. The van der Waals surface area contributed by atoms with Gasteiger partial charge in [-0.05, 0) is 78.1 Å². The lowest BCUT2D eigenvalue weighted by atomic mass is 9.85. The maximum absolute atomic E-state index is 14.9. The molecule has 0 saturated heterocycles. The first-order valence-electron chi connectivity index (χ1n) is 13.4. The van der Waals surface area contributed by atoms with Gasteiger partial charge in [0.1, 0.15) is 5.75 Å². The number of ether oxygens (including phenoxy) is 1. The number of phenolic OH excluding ortho intramolecular Hbond substituents is 1. The fourth-order valence-electron chi connectivity index (χ4n) is 5.48. The lowest BCUT2D eigenvalue weighted by Gasteiger charge is -2.40. The van der Waals surface area contributed by atoms with Gasteiger partial charge in [0.25, 0.3) is 0 Å². The van der Waals surface area contributed by atoms with Crippen molar-refractivity contribution in [2.45, 2.75) is 66.0 Å². The molecule has 0 radical (unpaired) electrons. The summed E-state index contributed by atoms with van der Waals surface area (Å²) in [4.78, 5) is 2.54. The van der Waals surface area contributed by atoms with E-state index in [-0.39, 0.29) is 17.8 Å². The van der Waals surface area contributed by atoms with E-state index in [2.05, 4.69) is 82.1 Å². The van der Waals surface area contributed by atoms with E-state index in [1.165, 1.54) is 28.3 Å². The van der Waals surface area contributed by atoms with Gasteiger partial charge in [0.2, 0.25) is 0 Å². The van der Waals surface area contributed by atoms with E-state index in [0.717, 1.165) is 24.3 Å². The lowest BCUT2D eigenvalue weighted by Crippen LogP contribution is -2.36. The van der Waals surface area contributed by atoms with Gasteiger partial charge in [-0.3, -0.25) is 4.90 Å². The summed E-state index contributed by atoms with van der Waals surface area (Å²) in [5, 5.41) is 13.6. The van der Waals surface area contributed by atoms with Crippen molar-refractivity contribution >= 4 is 5.69 Å². The molecule has 2 atom stereocenters. The molecule has 5 heteroatoms. The van der Waals surface area contributed by atoms with Crippen LogP contribution in [0.3, 0.4) is 0 Å². The first-order chi connectivity index (χ1) is 17.6. The Morgan fingerprint density at radius 1 is 1.03 bits per heavy atom. The van der Waals surface area contributed by atoms with Crippen LogP contribution in [0.1, 0.15) is 81.8 Å². The molecule has 0 aromatic heterocycles. The number of methoxy groups -OCH3 is 1. The van der Waals surface area contributed by atoms with Crippen molar-refractivity contribution in [2.75, 3.05) is 25.5 Å². The SMILES string of the molecule is COc1ccc2c(c1-c1cc(F)c(O)c(NCC(C)C)c1)CCN(C(C)c1ccc(C(C)C)cc1)[C@@H]2C. The maximum atomic E-state index is 14.9. The Kier molecular flexibility index (Phi) is 8.13. The molecule has 0 aliphatic carbocycles. The van der Waals surface area contributed by atoms with Gasteiger partial charge in [-0.25, -0.2) is 4.39 Å². The molecule has 1 unspecified atom stereocenters. The molecule has 4 rings (SSSR count). The minimum atomic E-state index is -0.632. The fourth-order valence-corrected chi connectivity index (χ4v) is 5.48. The summed E-state index contributed by atoms with van der Waals surface area (Å²) in [7, 11) is 1.65. The van der Waals surface area contributed by atoms with Crippen molar-refractivity contribution in [1.82, 2.24) is 4.90 Å². The highest BCUT2D eigenvalue weighted by molar-refractivity contribution is 5.80. The Bertz CT molecular complexity index is 1240. The Morgan fingerprint density at radius 2 is 1.70 bits per heavy atom. The van der Waals surface area contributed by atoms with Crippen LogP contribution in [-0.4, -0.2) is 30.2 Å². The number of halogens is 1. The van der Waals surface area contributed by atoms with E-state index < -0.39 is 5.82 Å². The Balaban J connectivity index is 1.71. The number of rotatable bonds is 8. The van der Waals surface area contributed by atoms with Crippen LogP contribution >= 0.6 is 0 Å². The van der Waals surface area contributed by atoms with Gasteiger partial charge in [0.15, 0.2) is 11.6 Å². The minimum Gasteiger partial charge on any atom is -0.503 e. The van der Waals surface area contributed by atoms with E-state index >= 15 is 0 Å². The van der Waals surface area contributed by atoms with Crippen LogP contribution in [-0.2, 0) is 6.42 Å². The molecule has 1 aliphatic heterocycles. The summed E-state index contributed by atoms with van der Waals surface area (Å²) in [6, 6.07) is 16.9. The van der Waals surface area contributed by atoms with Crippen molar-refractivity contribution in [2.24, 2.45) is 5.92 Å². The largest absolute Gasteiger partial charge is 0.503 e. The third-order valence-corrected chi connectivity index (χ3v) is 7.73. The van der Waals surface area contributed by atoms with Crippen LogP contribution in [0, 0.1) is 11.7 Å². The van der Waals surface area contributed by atoms with Crippen LogP contribution < -0.4 is 10.1 Å². The quantitative estimate of drug-likeness (QED) is 0.304. The summed E-state index contributed by atoms with van der Waals surface area (Å²) in [6.45, 7) is 14.7. The highest BCUT2D eigenvalue weighted by Gasteiger charge is 2.31. The topological polar surface area (TPSA) is 44.7 Å². The molecule has 37 heavy (non-hydrogen) atoms. The maximum Gasteiger partial charge on any atom is 0.174 e. The number of hydrogen-bond acceptors (Lipinski definition) is 4. The van der Waals surface area contributed by atoms with Gasteiger partial charge in [-0.15, -0.1) is 0 Å². The van der Waals surface area contributed by atoms with Crippen molar-refractivity contribution in [1.29, 1.82) is 0 Å². The second-order valence-corrected chi connectivity index (χ2v) is 11.0. The van der Waals surface area contributed by atoms with Gasteiger partial charge >= 0.3 is 0 Å². The molecule has 0 saturated carbocycles. The van der Waals surface area contributed by atoms with Gasteiger partial charge in [0.05, 0.1) is 12.8 Å². The normalized spacial score (nSPS) is 16.6. The molecule has 2 N–H and O–H groups in total. The van der Waals surface area contributed by atoms with Crippen LogP contribution in [0.4, 0.5) is 10.1 Å². The monoisotopic (exact) mass is 504 g/mol. The summed E-state index contributed by atoms with van der Waals surface area (Å²) in [6.07, 6.45) is 0.831. The lowest BCUT2D eigenvalue weighted by molar-refractivity contribution is 0.144. The first kappa shape index (κ1) is 27.0. The summed E-state index contributed by atoms with van der Waals surface area (Å²) in [5.74, 6) is 0.624. The molecule has 4 nitrogen and oxygen atoms in total. The molecule has 0 amide bonds. The number of hydrogen-bond donors (Lipinski definition) is 2. The first-order valence-corrected chi connectivity index (χ1v) is 13.4. The van der Waals surface area contributed by atoms with E-state index in [9.17, 15) is 9.50 Å². The number of phenols is 1. The zero-order valence-corrected chi connectivity index (χ0v) is 23.2. The zero-order chi connectivity index (χ0) is 26.9. The molecule has 1 heterocycles. The standard InChI is InChI=1S/C32H41FN2O2/c1-19(2)18-34-29-17-25(16-28(33)32(29)36)31-27-14-15-35(22(6)26(27)12-13-30(31)37-7)21(5)24-10-8-23(9-11-24)20(3)4/h8-13,16-17,19-22,34,36H,14-15,18H2,1-7H3/t21?,22-/m1/s1. The second kappa shape index (κ2) is 11.1. The Hall–Kier alpha value is -3.05. The van der Waals surface area contributed by atoms with E-state index in [0.29, 0.717) is 29.6 Å². The zero-order valence-electron chi connectivity index (χ0n) is 23.2. The number of nitrogens with one attached hydrogen (secondary N) is 1. The van der Waals surface area contributed by atoms with Gasteiger partial charge in [0, 0.05) is 30.7 Å². The Labute approximate surface area is 221 Å². The predicted molar refractivity (Wildman–Crippen MR) is 151 cm³/mol. The number of fused-ring (bicyclic) bond motifs is 1. The minimum absolute atomic E-state index is 0.189. The molecule has 0 fully saturated rings. The van der Waals surface area contributed by atoms with Crippen molar-refractivity contribution in [3.63, 3.8) is 0 Å². The molecule has 0 bridgehead atoms. The molecular weight excluding hydrogens is 463 g/mol. The predicted octanol–water partition coefficient (Wildman–Crippen LogP) is 8.08. The smallest absolute Gasteiger partial charge is 0.174 e. The number of aromatic hydroxyl groups is 1.